The van der Waals surface area contributed by atoms with E-state index in [-0.39, 0.29) is 0 Å². The summed E-state index contributed by atoms with van der Waals surface area (Å²) in [5.74, 6) is 1.86. The molecule has 1 aliphatic heterocycles. The minimum Gasteiger partial charge on any atom is -0.355 e. The van der Waals surface area contributed by atoms with E-state index in [2.05, 4.69) is 88.0 Å². The Kier molecular flexibility index (Phi) is 5.12. The second kappa shape index (κ2) is 7.32. The molecule has 3 rings (SSSR count). The molecule has 0 amide bonds. The minimum absolute atomic E-state index is 0.929. The zero-order chi connectivity index (χ0) is 18.8. The van der Waals surface area contributed by atoms with E-state index in [9.17, 15) is 0 Å². The van der Waals surface area contributed by atoms with Crippen LogP contribution >= 0.6 is 0 Å². The maximum Gasteiger partial charge on any atom is 0.172 e. The number of aryl methyl sites for hydroxylation is 4. The Morgan fingerprint density at radius 3 is 1.23 bits per heavy atom. The molecule has 1 heterocycles. The molecule has 0 atom stereocenters. The molecule has 1 aliphatic rings. The van der Waals surface area contributed by atoms with Crippen LogP contribution in [-0.4, -0.2) is 48.7 Å². The molecule has 1 saturated heterocycles. The van der Waals surface area contributed by atoms with E-state index in [0.29, 0.717) is 0 Å². The van der Waals surface area contributed by atoms with Crippen LogP contribution in [0.25, 0.3) is 0 Å². The van der Waals surface area contributed by atoms with E-state index in [0.717, 1.165) is 36.1 Å². The number of likely N-dealkylation sites (N-methyl/N-ethyl adjacent to an activating group) is 2. The molecule has 0 bridgehead atoms. The lowest BCUT2D eigenvalue weighted by atomic mass is 10.1. The fourth-order valence-corrected chi connectivity index (χ4v) is 3.30. The van der Waals surface area contributed by atoms with Gasteiger partial charge >= 0.3 is 0 Å². The van der Waals surface area contributed by atoms with E-state index < -0.39 is 0 Å². The number of rotatable bonds is 2. The van der Waals surface area contributed by atoms with Gasteiger partial charge in [-0.3, -0.25) is 0 Å². The van der Waals surface area contributed by atoms with Crippen LogP contribution in [0, 0.1) is 27.7 Å². The maximum absolute atomic E-state index is 5.06. The predicted molar refractivity (Wildman–Crippen MR) is 111 cm³/mol. The molecule has 0 saturated carbocycles. The SMILES string of the molecule is Cc1cccc(C)c1N=C1C(=Nc2c(C)cccc2C)N(C)CCN1C. The molecule has 1 fully saturated rings. The van der Waals surface area contributed by atoms with E-state index >= 15 is 0 Å². The molecule has 0 N–H and O–H groups in total. The molecular weight excluding hydrogens is 320 g/mol. The first-order valence-electron chi connectivity index (χ1n) is 9.11. The molecule has 2 aromatic rings. The van der Waals surface area contributed by atoms with Crippen LogP contribution in [-0.2, 0) is 0 Å². The van der Waals surface area contributed by atoms with Gasteiger partial charge in [-0.15, -0.1) is 0 Å². The lowest BCUT2D eigenvalue weighted by Crippen LogP contribution is -2.51. The molecule has 0 aromatic heterocycles. The van der Waals surface area contributed by atoms with Crippen LogP contribution in [0.15, 0.2) is 46.4 Å². The van der Waals surface area contributed by atoms with Gasteiger partial charge in [0.15, 0.2) is 11.7 Å². The number of piperazine rings is 1. The van der Waals surface area contributed by atoms with Crippen LogP contribution in [0.5, 0.6) is 0 Å². The number of nitrogens with zero attached hydrogens (tertiary/aromatic N) is 4. The molecular formula is C22H28N4. The van der Waals surface area contributed by atoms with Gasteiger partial charge < -0.3 is 9.80 Å². The topological polar surface area (TPSA) is 31.2 Å². The molecule has 136 valence electrons. The van der Waals surface area contributed by atoms with Crippen LogP contribution in [0.3, 0.4) is 0 Å². The number of hydrogen-bond donors (Lipinski definition) is 0. The van der Waals surface area contributed by atoms with Gasteiger partial charge in [0.2, 0.25) is 0 Å². The van der Waals surface area contributed by atoms with E-state index in [1.165, 1.54) is 22.3 Å². The highest BCUT2D eigenvalue weighted by atomic mass is 15.3. The van der Waals surface area contributed by atoms with Crippen molar-refractivity contribution < 1.29 is 0 Å². The molecule has 0 radical (unpaired) electrons. The van der Waals surface area contributed by atoms with Crippen molar-refractivity contribution in [3.8, 4) is 0 Å². The largest absolute Gasteiger partial charge is 0.355 e. The summed E-state index contributed by atoms with van der Waals surface area (Å²) in [5.41, 5.74) is 6.82. The Bertz CT molecular complexity index is 766. The van der Waals surface area contributed by atoms with Crippen molar-refractivity contribution in [1.82, 2.24) is 9.80 Å². The number of hydrogen-bond acceptors (Lipinski definition) is 2. The van der Waals surface area contributed by atoms with Crippen LogP contribution in [0.2, 0.25) is 0 Å². The second-order valence-corrected chi connectivity index (χ2v) is 7.19. The highest BCUT2D eigenvalue weighted by Crippen LogP contribution is 2.27. The highest BCUT2D eigenvalue weighted by Gasteiger charge is 2.25. The highest BCUT2D eigenvalue weighted by molar-refractivity contribution is 6.41. The molecule has 0 spiro atoms. The summed E-state index contributed by atoms with van der Waals surface area (Å²) in [5, 5.41) is 0. The lowest BCUT2D eigenvalue weighted by Gasteiger charge is -2.35. The van der Waals surface area contributed by atoms with Gasteiger partial charge in [0.25, 0.3) is 0 Å². The normalized spacial score (nSPS) is 18.1. The first-order chi connectivity index (χ1) is 12.4. The van der Waals surface area contributed by atoms with Crippen molar-refractivity contribution in [1.29, 1.82) is 0 Å². The van der Waals surface area contributed by atoms with Crippen molar-refractivity contribution in [3.63, 3.8) is 0 Å². The van der Waals surface area contributed by atoms with Crippen molar-refractivity contribution in [3.05, 3.63) is 58.7 Å². The quantitative estimate of drug-likeness (QED) is 0.797. The van der Waals surface area contributed by atoms with Crippen molar-refractivity contribution in [2.24, 2.45) is 9.98 Å². The smallest absolute Gasteiger partial charge is 0.172 e. The first-order valence-corrected chi connectivity index (χ1v) is 9.11. The average molecular weight is 348 g/mol. The summed E-state index contributed by atoms with van der Waals surface area (Å²) in [6, 6.07) is 12.6. The van der Waals surface area contributed by atoms with Gasteiger partial charge in [0.1, 0.15) is 0 Å². The predicted octanol–water partition coefficient (Wildman–Crippen LogP) is 4.56. The van der Waals surface area contributed by atoms with Gasteiger partial charge in [0, 0.05) is 27.2 Å². The molecule has 2 aromatic carbocycles. The fourth-order valence-electron chi connectivity index (χ4n) is 3.30. The summed E-state index contributed by atoms with van der Waals surface area (Å²) in [4.78, 5) is 14.5. The first kappa shape index (κ1) is 18.2. The third-order valence-electron chi connectivity index (χ3n) is 5.01. The standard InChI is InChI=1S/C22H28N4/c1-15-9-7-10-16(2)19(15)23-21-22(26(6)14-13-25(21)5)24-20-17(3)11-8-12-18(20)4/h7-12H,13-14H2,1-6H3. The summed E-state index contributed by atoms with van der Waals surface area (Å²) < 4.78 is 0. The molecule has 4 nitrogen and oxygen atoms in total. The van der Waals surface area contributed by atoms with Crippen LogP contribution in [0.1, 0.15) is 22.3 Å². The maximum atomic E-state index is 5.06. The van der Waals surface area contributed by atoms with Gasteiger partial charge in [0.05, 0.1) is 11.4 Å². The van der Waals surface area contributed by atoms with Gasteiger partial charge in [-0.2, -0.15) is 0 Å². The Morgan fingerprint density at radius 2 is 0.923 bits per heavy atom. The summed E-state index contributed by atoms with van der Waals surface area (Å²) in [6.45, 7) is 10.3. The summed E-state index contributed by atoms with van der Waals surface area (Å²) >= 11 is 0. The van der Waals surface area contributed by atoms with Gasteiger partial charge in [-0.1, -0.05) is 36.4 Å². The Balaban J connectivity index is 2.17. The van der Waals surface area contributed by atoms with E-state index in [4.69, 9.17) is 9.98 Å². The molecule has 4 heteroatoms. The number of benzene rings is 2. The molecule has 0 unspecified atom stereocenters. The Hall–Kier alpha value is -2.62. The van der Waals surface area contributed by atoms with Crippen molar-refractivity contribution in [2.45, 2.75) is 27.7 Å². The number of para-hydroxylation sites is 2. The van der Waals surface area contributed by atoms with Crippen LogP contribution in [0.4, 0.5) is 11.4 Å². The monoisotopic (exact) mass is 348 g/mol. The third kappa shape index (κ3) is 3.50. The fraction of sp³-hybridized carbons (Fsp3) is 0.364. The third-order valence-corrected chi connectivity index (χ3v) is 5.01. The Labute approximate surface area is 156 Å². The van der Waals surface area contributed by atoms with Gasteiger partial charge in [-0.25, -0.2) is 9.98 Å². The minimum atomic E-state index is 0.929. The van der Waals surface area contributed by atoms with E-state index in [1.807, 2.05) is 0 Å². The second-order valence-electron chi connectivity index (χ2n) is 7.19. The molecule has 26 heavy (non-hydrogen) atoms. The zero-order valence-electron chi connectivity index (χ0n) is 16.7. The zero-order valence-corrected chi connectivity index (χ0v) is 16.7. The Morgan fingerprint density at radius 1 is 0.615 bits per heavy atom. The van der Waals surface area contributed by atoms with Crippen LogP contribution < -0.4 is 0 Å². The van der Waals surface area contributed by atoms with E-state index in [1.54, 1.807) is 0 Å². The summed E-state index contributed by atoms with van der Waals surface area (Å²) in [6.07, 6.45) is 0. The number of amidine groups is 2. The van der Waals surface area contributed by atoms with Gasteiger partial charge in [-0.05, 0) is 49.9 Å². The lowest BCUT2D eigenvalue weighted by molar-refractivity contribution is 0.386. The van der Waals surface area contributed by atoms with Crippen molar-refractivity contribution >= 4 is 23.0 Å². The number of aliphatic imine (C=N–C) groups is 2. The van der Waals surface area contributed by atoms with Crippen molar-refractivity contribution in [2.75, 3.05) is 27.2 Å². The summed E-state index contributed by atoms with van der Waals surface area (Å²) in [7, 11) is 4.19. The molecule has 0 aliphatic carbocycles. The average Bonchev–Trinajstić information content (AvgIpc) is 2.59.